The van der Waals surface area contributed by atoms with E-state index in [1.807, 2.05) is 49.1 Å². The van der Waals surface area contributed by atoms with Gasteiger partial charge in [-0.15, -0.1) is 0 Å². The molecular formula is C25H28N4O4. The third-order valence-electron chi connectivity index (χ3n) is 5.75. The molecule has 3 aromatic rings. The molecule has 1 aliphatic heterocycles. The van der Waals surface area contributed by atoms with E-state index in [2.05, 4.69) is 15.4 Å². The molecule has 4 rings (SSSR count). The van der Waals surface area contributed by atoms with Gasteiger partial charge in [-0.25, -0.2) is 0 Å². The van der Waals surface area contributed by atoms with Crippen LogP contribution in [0, 0.1) is 13.8 Å². The Balaban J connectivity index is 1.24. The number of benzene rings is 2. The summed E-state index contributed by atoms with van der Waals surface area (Å²) in [5, 5.41) is 6.82. The summed E-state index contributed by atoms with van der Waals surface area (Å²) in [6.45, 7) is 6.91. The first-order valence-corrected chi connectivity index (χ1v) is 11.0. The van der Waals surface area contributed by atoms with Crippen LogP contribution in [0.1, 0.15) is 27.4 Å². The molecule has 0 atom stereocenters. The largest absolute Gasteiger partial charge is 0.489 e. The van der Waals surface area contributed by atoms with Crippen LogP contribution in [-0.2, 0) is 11.4 Å². The lowest BCUT2D eigenvalue weighted by Gasteiger charge is -2.34. The van der Waals surface area contributed by atoms with E-state index in [1.54, 1.807) is 24.3 Å². The molecule has 1 N–H and O–H groups in total. The quantitative estimate of drug-likeness (QED) is 0.597. The molecule has 2 heterocycles. The van der Waals surface area contributed by atoms with Crippen LogP contribution in [0.4, 0.5) is 5.69 Å². The molecule has 0 saturated carbocycles. The Kier molecular flexibility index (Phi) is 7.04. The Morgan fingerprint density at radius 3 is 2.33 bits per heavy atom. The molecule has 2 amide bonds. The standard InChI is InChI=1S/C25H28N4O4/c1-18-23(19(2)33-27-18)17-32-22-10-8-20(9-11-22)25(31)29-14-12-28(13-15-29)16-24(30)26-21-6-4-3-5-7-21/h3-11H,12-17H2,1-2H3,(H,26,30). The predicted molar refractivity (Wildman–Crippen MR) is 124 cm³/mol. The Hall–Kier alpha value is -3.65. The van der Waals surface area contributed by atoms with Crippen molar-refractivity contribution in [1.29, 1.82) is 0 Å². The first-order chi connectivity index (χ1) is 16.0. The van der Waals surface area contributed by atoms with Crippen molar-refractivity contribution in [2.24, 2.45) is 0 Å². The molecule has 1 aliphatic rings. The van der Waals surface area contributed by atoms with Crippen LogP contribution in [0.3, 0.4) is 0 Å². The van der Waals surface area contributed by atoms with Gasteiger partial charge in [0.25, 0.3) is 5.91 Å². The third kappa shape index (κ3) is 5.78. The van der Waals surface area contributed by atoms with Gasteiger partial charge in [-0.3, -0.25) is 14.5 Å². The SMILES string of the molecule is Cc1noc(C)c1COc1ccc(C(=O)N2CCN(CC(=O)Nc3ccccc3)CC2)cc1. The summed E-state index contributed by atoms with van der Waals surface area (Å²) < 4.78 is 11.0. The summed E-state index contributed by atoms with van der Waals surface area (Å²) in [6.07, 6.45) is 0. The van der Waals surface area contributed by atoms with Crippen molar-refractivity contribution in [3.05, 3.63) is 77.2 Å². The molecule has 172 valence electrons. The molecular weight excluding hydrogens is 420 g/mol. The van der Waals surface area contributed by atoms with E-state index in [4.69, 9.17) is 9.26 Å². The van der Waals surface area contributed by atoms with Crippen molar-refractivity contribution in [2.45, 2.75) is 20.5 Å². The smallest absolute Gasteiger partial charge is 0.253 e. The Bertz CT molecular complexity index is 1070. The average molecular weight is 449 g/mol. The molecule has 0 aliphatic carbocycles. The predicted octanol–water partition coefficient (Wildman–Crippen LogP) is 3.27. The van der Waals surface area contributed by atoms with Gasteiger partial charge in [0.15, 0.2) is 0 Å². The number of anilines is 1. The minimum atomic E-state index is -0.0480. The van der Waals surface area contributed by atoms with Crippen molar-refractivity contribution in [3.63, 3.8) is 0 Å². The highest BCUT2D eigenvalue weighted by atomic mass is 16.5. The van der Waals surface area contributed by atoms with Gasteiger partial charge in [-0.1, -0.05) is 23.4 Å². The van der Waals surface area contributed by atoms with E-state index in [9.17, 15) is 9.59 Å². The number of carbonyl (C=O) groups excluding carboxylic acids is 2. The van der Waals surface area contributed by atoms with E-state index in [0.29, 0.717) is 50.6 Å². The van der Waals surface area contributed by atoms with E-state index in [0.717, 1.165) is 22.7 Å². The second-order valence-corrected chi connectivity index (χ2v) is 8.10. The molecule has 1 fully saturated rings. The maximum Gasteiger partial charge on any atom is 0.253 e. The van der Waals surface area contributed by atoms with Crippen LogP contribution in [0.2, 0.25) is 0 Å². The van der Waals surface area contributed by atoms with Crippen LogP contribution < -0.4 is 10.1 Å². The van der Waals surface area contributed by atoms with Crippen LogP contribution in [-0.4, -0.2) is 59.5 Å². The van der Waals surface area contributed by atoms with E-state index < -0.39 is 0 Å². The summed E-state index contributed by atoms with van der Waals surface area (Å²) in [4.78, 5) is 29.0. The lowest BCUT2D eigenvalue weighted by molar-refractivity contribution is -0.117. The summed E-state index contributed by atoms with van der Waals surface area (Å²) in [5.41, 5.74) is 3.16. The molecule has 33 heavy (non-hydrogen) atoms. The number of rotatable bonds is 7. The topological polar surface area (TPSA) is 87.9 Å². The first kappa shape index (κ1) is 22.5. The minimum Gasteiger partial charge on any atom is -0.489 e. The minimum absolute atomic E-state index is 0.0133. The van der Waals surface area contributed by atoms with Gasteiger partial charge >= 0.3 is 0 Å². The summed E-state index contributed by atoms with van der Waals surface area (Å²) in [6, 6.07) is 16.6. The number of aryl methyl sites for hydroxylation is 2. The number of para-hydroxylation sites is 1. The highest BCUT2D eigenvalue weighted by Crippen LogP contribution is 2.19. The zero-order valence-electron chi connectivity index (χ0n) is 18.9. The van der Waals surface area contributed by atoms with Crippen molar-refractivity contribution in [1.82, 2.24) is 15.0 Å². The second-order valence-electron chi connectivity index (χ2n) is 8.10. The van der Waals surface area contributed by atoms with Crippen molar-refractivity contribution >= 4 is 17.5 Å². The molecule has 0 radical (unpaired) electrons. The van der Waals surface area contributed by atoms with Gasteiger partial charge < -0.3 is 19.5 Å². The Morgan fingerprint density at radius 2 is 1.70 bits per heavy atom. The summed E-state index contributed by atoms with van der Waals surface area (Å²) >= 11 is 0. The number of ether oxygens (including phenoxy) is 1. The molecule has 2 aromatic carbocycles. The highest BCUT2D eigenvalue weighted by molar-refractivity contribution is 5.94. The lowest BCUT2D eigenvalue weighted by Crippen LogP contribution is -2.50. The Morgan fingerprint density at radius 1 is 1.00 bits per heavy atom. The molecule has 1 saturated heterocycles. The zero-order chi connectivity index (χ0) is 23.2. The van der Waals surface area contributed by atoms with E-state index in [-0.39, 0.29) is 11.8 Å². The molecule has 8 heteroatoms. The van der Waals surface area contributed by atoms with Gasteiger partial charge in [-0.05, 0) is 50.2 Å². The van der Waals surface area contributed by atoms with Crippen LogP contribution >= 0.6 is 0 Å². The third-order valence-corrected chi connectivity index (χ3v) is 5.75. The Labute approximate surface area is 193 Å². The van der Waals surface area contributed by atoms with Gasteiger partial charge in [0.1, 0.15) is 18.1 Å². The highest BCUT2D eigenvalue weighted by Gasteiger charge is 2.23. The number of nitrogens with zero attached hydrogens (tertiary/aromatic N) is 3. The van der Waals surface area contributed by atoms with Gasteiger partial charge in [0, 0.05) is 37.4 Å². The average Bonchev–Trinajstić information content (AvgIpc) is 3.15. The first-order valence-electron chi connectivity index (χ1n) is 11.0. The van der Waals surface area contributed by atoms with Gasteiger partial charge in [0.2, 0.25) is 5.91 Å². The maximum atomic E-state index is 12.9. The van der Waals surface area contributed by atoms with Crippen molar-refractivity contribution in [2.75, 3.05) is 38.0 Å². The molecule has 0 unspecified atom stereocenters. The fraction of sp³-hybridized carbons (Fsp3) is 0.320. The van der Waals surface area contributed by atoms with Gasteiger partial charge in [0.05, 0.1) is 17.8 Å². The van der Waals surface area contributed by atoms with Crippen LogP contribution in [0.25, 0.3) is 0 Å². The number of aromatic nitrogens is 1. The maximum absolute atomic E-state index is 12.9. The normalized spacial score (nSPS) is 14.2. The fourth-order valence-corrected chi connectivity index (χ4v) is 3.77. The molecule has 0 bridgehead atoms. The molecule has 1 aromatic heterocycles. The summed E-state index contributed by atoms with van der Waals surface area (Å²) in [5.74, 6) is 1.37. The second kappa shape index (κ2) is 10.3. The van der Waals surface area contributed by atoms with Crippen molar-refractivity contribution in [3.8, 4) is 5.75 Å². The van der Waals surface area contributed by atoms with Crippen LogP contribution in [0.15, 0.2) is 59.1 Å². The lowest BCUT2D eigenvalue weighted by atomic mass is 10.1. The number of amides is 2. The molecule has 8 nitrogen and oxygen atoms in total. The number of hydrogen-bond donors (Lipinski definition) is 1. The number of hydrogen-bond acceptors (Lipinski definition) is 6. The monoisotopic (exact) mass is 448 g/mol. The number of nitrogens with one attached hydrogen (secondary N) is 1. The summed E-state index contributed by atoms with van der Waals surface area (Å²) in [7, 11) is 0. The fourth-order valence-electron chi connectivity index (χ4n) is 3.77. The molecule has 0 spiro atoms. The van der Waals surface area contributed by atoms with Crippen LogP contribution in [0.5, 0.6) is 5.75 Å². The number of carbonyl (C=O) groups is 2. The van der Waals surface area contributed by atoms with E-state index >= 15 is 0 Å². The van der Waals surface area contributed by atoms with Crippen molar-refractivity contribution < 1.29 is 18.8 Å². The van der Waals surface area contributed by atoms with Gasteiger partial charge in [-0.2, -0.15) is 0 Å². The zero-order valence-corrected chi connectivity index (χ0v) is 18.9. The number of piperazine rings is 1. The van der Waals surface area contributed by atoms with E-state index in [1.165, 1.54) is 0 Å².